The second-order valence-electron chi connectivity index (χ2n) is 3.77. The molecule has 1 aromatic heterocycles. The molecule has 5 nitrogen and oxygen atoms in total. The molecule has 98 valence electrons. The maximum atomic E-state index is 11.3. The van der Waals surface area contributed by atoms with Crippen molar-refractivity contribution in [2.45, 2.75) is 6.92 Å². The lowest BCUT2D eigenvalue weighted by Crippen LogP contribution is -2.05. The van der Waals surface area contributed by atoms with Gasteiger partial charge in [-0.2, -0.15) is 0 Å². The van der Waals surface area contributed by atoms with E-state index in [0.717, 1.165) is 10.0 Å². The van der Waals surface area contributed by atoms with Gasteiger partial charge in [-0.3, -0.25) is 4.98 Å². The minimum atomic E-state index is -0.555. The Hall–Kier alpha value is -1.95. The lowest BCUT2D eigenvalue weighted by molar-refractivity contribution is 0.0592. The van der Waals surface area contributed by atoms with E-state index in [1.807, 2.05) is 25.1 Å². The number of hydrogen-bond donors (Lipinski definition) is 0. The van der Waals surface area contributed by atoms with Crippen LogP contribution in [0.3, 0.4) is 0 Å². The molecule has 0 spiro atoms. The number of nitrogens with zero attached hydrogens (tertiary/aromatic N) is 2. The molecule has 0 bridgehead atoms. The van der Waals surface area contributed by atoms with Gasteiger partial charge in [0.2, 0.25) is 5.88 Å². The number of carbonyl (C=O) groups excluding carboxylic acids is 1. The molecule has 6 heteroatoms. The van der Waals surface area contributed by atoms with Gasteiger partial charge in [-0.05, 0) is 40.5 Å². The topological polar surface area (TPSA) is 61.3 Å². The average molecular weight is 323 g/mol. The Morgan fingerprint density at radius 2 is 2.11 bits per heavy atom. The number of aromatic nitrogens is 2. The van der Waals surface area contributed by atoms with Gasteiger partial charge in [-0.1, -0.05) is 6.07 Å². The molecule has 0 aliphatic carbocycles. The Morgan fingerprint density at radius 3 is 2.79 bits per heavy atom. The van der Waals surface area contributed by atoms with E-state index < -0.39 is 5.97 Å². The number of halogens is 1. The van der Waals surface area contributed by atoms with E-state index in [9.17, 15) is 4.79 Å². The van der Waals surface area contributed by atoms with E-state index in [1.54, 1.807) is 0 Å². The third-order valence-electron chi connectivity index (χ3n) is 2.31. The first-order chi connectivity index (χ1) is 9.10. The van der Waals surface area contributed by atoms with Gasteiger partial charge in [0.25, 0.3) is 0 Å². The molecule has 0 atom stereocenters. The molecule has 0 N–H and O–H groups in total. The second kappa shape index (κ2) is 5.79. The van der Waals surface area contributed by atoms with Crippen LogP contribution in [0.25, 0.3) is 0 Å². The number of aryl methyl sites for hydroxylation is 1. The molecule has 2 rings (SSSR count). The van der Waals surface area contributed by atoms with Crippen molar-refractivity contribution in [1.29, 1.82) is 0 Å². The average Bonchev–Trinajstić information content (AvgIpc) is 2.41. The first-order valence-corrected chi connectivity index (χ1v) is 6.24. The summed E-state index contributed by atoms with van der Waals surface area (Å²) < 4.78 is 10.9. The van der Waals surface area contributed by atoms with E-state index >= 15 is 0 Å². The molecule has 19 heavy (non-hydrogen) atoms. The maximum absolute atomic E-state index is 11.3. The van der Waals surface area contributed by atoms with Crippen molar-refractivity contribution in [1.82, 2.24) is 9.97 Å². The lowest BCUT2D eigenvalue weighted by atomic mass is 10.2. The summed E-state index contributed by atoms with van der Waals surface area (Å²) in [5, 5.41) is 0. The van der Waals surface area contributed by atoms with Crippen LogP contribution in [0.4, 0.5) is 0 Å². The van der Waals surface area contributed by atoms with Crippen molar-refractivity contribution in [3.8, 4) is 11.6 Å². The highest BCUT2D eigenvalue weighted by atomic mass is 79.9. The summed E-state index contributed by atoms with van der Waals surface area (Å²) in [6, 6.07) is 5.65. The molecule has 0 saturated carbocycles. The summed E-state index contributed by atoms with van der Waals surface area (Å²) in [6.07, 6.45) is 2.75. The molecule has 0 aliphatic rings. The predicted octanol–water partition coefficient (Wildman–Crippen LogP) is 3.13. The third kappa shape index (κ3) is 3.29. The van der Waals surface area contributed by atoms with Gasteiger partial charge in [0.05, 0.1) is 24.0 Å². The Morgan fingerprint density at radius 1 is 1.32 bits per heavy atom. The normalized spacial score (nSPS) is 10.1. The number of hydrogen-bond acceptors (Lipinski definition) is 5. The molecule has 0 aliphatic heterocycles. The van der Waals surface area contributed by atoms with E-state index in [4.69, 9.17) is 4.74 Å². The van der Waals surface area contributed by atoms with Crippen LogP contribution in [0.2, 0.25) is 0 Å². The fourth-order valence-corrected chi connectivity index (χ4v) is 1.98. The first kappa shape index (κ1) is 13.5. The first-order valence-electron chi connectivity index (χ1n) is 5.44. The van der Waals surface area contributed by atoms with Gasteiger partial charge in [-0.15, -0.1) is 0 Å². The SMILES string of the molecule is COC(=O)c1cncc(Oc2ccc(C)cc2Br)n1. The Kier molecular flexibility index (Phi) is 4.11. The molecule has 0 radical (unpaired) electrons. The van der Waals surface area contributed by atoms with E-state index in [1.165, 1.54) is 19.5 Å². The van der Waals surface area contributed by atoms with Gasteiger partial charge in [0.1, 0.15) is 5.75 Å². The summed E-state index contributed by atoms with van der Waals surface area (Å²) in [4.78, 5) is 19.3. The van der Waals surface area contributed by atoms with Crippen LogP contribution in [0.5, 0.6) is 11.6 Å². The van der Waals surface area contributed by atoms with Crippen LogP contribution >= 0.6 is 15.9 Å². The van der Waals surface area contributed by atoms with Gasteiger partial charge in [0.15, 0.2) is 5.69 Å². The molecule has 2 aromatic rings. The van der Waals surface area contributed by atoms with E-state index in [-0.39, 0.29) is 11.6 Å². The van der Waals surface area contributed by atoms with E-state index in [2.05, 4.69) is 30.6 Å². The molecular weight excluding hydrogens is 312 g/mol. The van der Waals surface area contributed by atoms with Gasteiger partial charge < -0.3 is 9.47 Å². The highest BCUT2D eigenvalue weighted by Crippen LogP contribution is 2.29. The molecule has 1 heterocycles. The maximum Gasteiger partial charge on any atom is 0.358 e. The lowest BCUT2D eigenvalue weighted by Gasteiger charge is -2.07. The van der Waals surface area contributed by atoms with Gasteiger partial charge in [0, 0.05) is 0 Å². The Labute approximate surface area is 118 Å². The predicted molar refractivity (Wildman–Crippen MR) is 72.3 cm³/mol. The quantitative estimate of drug-likeness (QED) is 0.812. The molecule has 0 amide bonds. The van der Waals surface area contributed by atoms with Crippen molar-refractivity contribution < 1.29 is 14.3 Å². The van der Waals surface area contributed by atoms with E-state index in [0.29, 0.717) is 5.75 Å². The van der Waals surface area contributed by atoms with Crippen molar-refractivity contribution in [2.75, 3.05) is 7.11 Å². The molecular formula is C13H11BrN2O3. The highest BCUT2D eigenvalue weighted by molar-refractivity contribution is 9.10. The van der Waals surface area contributed by atoms with Crippen molar-refractivity contribution in [2.24, 2.45) is 0 Å². The summed E-state index contributed by atoms with van der Waals surface area (Å²) in [7, 11) is 1.29. The van der Waals surface area contributed by atoms with Crippen LogP contribution < -0.4 is 4.74 Å². The number of carbonyl (C=O) groups is 1. The zero-order chi connectivity index (χ0) is 13.8. The van der Waals surface area contributed by atoms with Crippen molar-refractivity contribution >= 4 is 21.9 Å². The number of rotatable bonds is 3. The monoisotopic (exact) mass is 322 g/mol. The number of methoxy groups -OCH3 is 1. The Balaban J connectivity index is 2.26. The zero-order valence-electron chi connectivity index (χ0n) is 10.4. The van der Waals surface area contributed by atoms with Crippen LogP contribution in [0, 0.1) is 6.92 Å². The Bertz CT molecular complexity index is 617. The molecule has 0 saturated heterocycles. The molecule has 0 fully saturated rings. The van der Waals surface area contributed by atoms with Crippen molar-refractivity contribution in [3.63, 3.8) is 0 Å². The standard InChI is InChI=1S/C13H11BrN2O3/c1-8-3-4-11(9(14)5-8)19-12-7-15-6-10(16-12)13(17)18-2/h3-7H,1-2H3. The van der Waals surface area contributed by atoms with Gasteiger partial charge in [-0.25, -0.2) is 9.78 Å². The van der Waals surface area contributed by atoms with Crippen LogP contribution in [-0.2, 0) is 4.74 Å². The number of esters is 1. The number of benzene rings is 1. The van der Waals surface area contributed by atoms with Crippen LogP contribution in [0.15, 0.2) is 35.1 Å². The summed E-state index contributed by atoms with van der Waals surface area (Å²) in [6.45, 7) is 1.98. The fraction of sp³-hybridized carbons (Fsp3) is 0.154. The third-order valence-corrected chi connectivity index (χ3v) is 2.93. The summed E-state index contributed by atoms with van der Waals surface area (Å²) >= 11 is 3.40. The van der Waals surface area contributed by atoms with Crippen LogP contribution in [-0.4, -0.2) is 23.0 Å². The smallest absolute Gasteiger partial charge is 0.358 e. The number of ether oxygens (including phenoxy) is 2. The summed E-state index contributed by atoms with van der Waals surface area (Å²) in [5.74, 6) is 0.273. The van der Waals surface area contributed by atoms with Gasteiger partial charge >= 0.3 is 5.97 Å². The minimum absolute atomic E-state index is 0.100. The minimum Gasteiger partial charge on any atom is -0.464 e. The highest BCUT2D eigenvalue weighted by Gasteiger charge is 2.10. The largest absolute Gasteiger partial charge is 0.464 e. The summed E-state index contributed by atoms with van der Waals surface area (Å²) in [5.41, 5.74) is 1.21. The van der Waals surface area contributed by atoms with Crippen molar-refractivity contribution in [3.05, 3.63) is 46.3 Å². The molecule has 1 aromatic carbocycles. The van der Waals surface area contributed by atoms with Crippen LogP contribution in [0.1, 0.15) is 16.1 Å². The molecule has 0 unspecified atom stereocenters. The second-order valence-corrected chi connectivity index (χ2v) is 4.62. The zero-order valence-corrected chi connectivity index (χ0v) is 12.0. The fourth-order valence-electron chi connectivity index (χ4n) is 1.40.